The lowest BCUT2D eigenvalue weighted by atomic mass is 9.71. The van der Waals surface area contributed by atoms with Gasteiger partial charge in [0.05, 0.1) is 11.1 Å². The Labute approximate surface area is 187 Å². The quantitative estimate of drug-likeness (QED) is 0.526. The Morgan fingerprint density at radius 3 is 1.48 bits per heavy atom. The van der Waals surface area contributed by atoms with Crippen molar-refractivity contribution in [3.63, 3.8) is 0 Å². The molecule has 0 aromatic heterocycles. The number of rotatable bonds is 2. The highest BCUT2D eigenvalue weighted by Gasteiger charge is 2.39. The number of hydrogen-bond acceptors (Lipinski definition) is 2. The fourth-order valence-electron chi connectivity index (χ4n) is 6.31. The van der Waals surface area contributed by atoms with E-state index in [1.54, 1.807) is 0 Å². The Kier molecular flexibility index (Phi) is 4.45. The molecule has 2 N–H and O–H groups in total. The molecule has 2 aromatic rings. The zero-order chi connectivity index (χ0) is 22.0. The first kappa shape index (κ1) is 20.4. The molecular formula is C29H36N2. The molecule has 2 heteroatoms. The van der Waals surface area contributed by atoms with E-state index in [0.717, 1.165) is 0 Å². The normalized spacial score (nSPS) is 22.4. The van der Waals surface area contributed by atoms with Gasteiger partial charge in [-0.25, -0.2) is 0 Å². The van der Waals surface area contributed by atoms with Crippen molar-refractivity contribution >= 4 is 22.5 Å². The molecule has 2 aromatic carbocycles. The van der Waals surface area contributed by atoms with Gasteiger partial charge in [0.25, 0.3) is 0 Å². The molecule has 0 amide bonds. The van der Waals surface area contributed by atoms with E-state index in [-0.39, 0.29) is 16.5 Å². The zero-order valence-electron chi connectivity index (χ0n) is 19.9. The Morgan fingerprint density at radius 1 is 0.645 bits per heavy atom. The van der Waals surface area contributed by atoms with E-state index < -0.39 is 0 Å². The molecule has 0 bridgehead atoms. The molecule has 0 unspecified atom stereocenters. The van der Waals surface area contributed by atoms with Crippen molar-refractivity contribution in [2.45, 2.75) is 83.7 Å². The van der Waals surface area contributed by atoms with Gasteiger partial charge in [0.2, 0.25) is 0 Å². The van der Waals surface area contributed by atoms with Crippen LogP contribution in [0.15, 0.2) is 48.6 Å². The van der Waals surface area contributed by atoms with Crippen LogP contribution in [0.25, 0.3) is 11.1 Å². The SMILES string of the molecule is CC1=CC(C)(C)Nc2cc(C3(c4ccc5c(c4)NC(C)(C)C=C5C)CCCC3)ccc21. The monoisotopic (exact) mass is 412 g/mol. The third-order valence-electron chi connectivity index (χ3n) is 7.52. The van der Waals surface area contributed by atoms with Crippen molar-refractivity contribution < 1.29 is 0 Å². The topological polar surface area (TPSA) is 24.1 Å². The maximum atomic E-state index is 3.77. The fourth-order valence-corrected chi connectivity index (χ4v) is 6.31. The molecule has 0 radical (unpaired) electrons. The van der Waals surface area contributed by atoms with Crippen LogP contribution < -0.4 is 10.6 Å². The van der Waals surface area contributed by atoms with Crippen molar-refractivity contribution in [2.75, 3.05) is 10.6 Å². The van der Waals surface area contributed by atoms with Gasteiger partial charge in [-0.1, -0.05) is 49.3 Å². The standard InChI is InChI=1S/C29H36N2/c1-19-17-27(3,4)30-25-15-21(9-11-23(19)25)29(13-7-8-14-29)22-10-12-24-20(2)18-28(5,6)31-26(24)16-22/h9-12,15-18,30-31H,7-8,13-14H2,1-6H3. The molecule has 0 spiro atoms. The van der Waals surface area contributed by atoms with Gasteiger partial charge in [-0.05, 0) is 88.8 Å². The largest absolute Gasteiger partial charge is 0.376 e. The highest BCUT2D eigenvalue weighted by atomic mass is 15.0. The van der Waals surface area contributed by atoms with Crippen molar-refractivity contribution in [2.24, 2.45) is 0 Å². The van der Waals surface area contributed by atoms with Gasteiger partial charge >= 0.3 is 0 Å². The van der Waals surface area contributed by atoms with Crippen molar-refractivity contribution in [3.05, 3.63) is 70.8 Å². The summed E-state index contributed by atoms with van der Waals surface area (Å²) in [4.78, 5) is 0. The second-order valence-corrected chi connectivity index (χ2v) is 11.2. The molecule has 0 saturated heterocycles. The van der Waals surface area contributed by atoms with Crippen LogP contribution in [-0.4, -0.2) is 11.1 Å². The molecule has 2 heterocycles. The van der Waals surface area contributed by atoms with Gasteiger partial charge in [0, 0.05) is 27.9 Å². The summed E-state index contributed by atoms with van der Waals surface area (Å²) in [5.41, 5.74) is 11.0. The van der Waals surface area contributed by atoms with Gasteiger partial charge < -0.3 is 10.6 Å². The Morgan fingerprint density at radius 2 is 1.06 bits per heavy atom. The molecule has 3 aliphatic rings. The average molecular weight is 413 g/mol. The lowest BCUT2D eigenvalue weighted by molar-refractivity contribution is 0.535. The first-order valence-electron chi connectivity index (χ1n) is 11.8. The number of fused-ring (bicyclic) bond motifs is 2. The second-order valence-electron chi connectivity index (χ2n) is 11.2. The summed E-state index contributed by atoms with van der Waals surface area (Å²) in [7, 11) is 0. The van der Waals surface area contributed by atoms with Crippen LogP contribution in [-0.2, 0) is 5.41 Å². The predicted octanol–water partition coefficient (Wildman–Crippen LogP) is 7.76. The number of benzene rings is 2. The number of allylic oxidation sites excluding steroid dienone is 2. The van der Waals surface area contributed by atoms with Crippen LogP contribution >= 0.6 is 0 Å². The highest BCUT2D eigenvalue weighted by molar-refractivity contribution is 5.82. The van der Waals surface area contributed by atoms with Gasteiger partial charge in [-0.3, -0.25) is 0 Å². The fraction of sp³-hybridized carbons (Fsp3) is 0.448. The van der Waals surface area contributed by atoms with E-state index >= 15 is 0 Å². The molecule has 2 nitrogen and oxygen atoms in total. The van der Waals surface area contributed by atoms with Crippen LogP contribution in [0.5, 0.6) is 0 Å². The Bertz CT molecular complexity index is 1020. The highest BCUT2D eigenvalue weighted by Crippen LogP contribution is 2.49. The van der Waals surface area contributed by atoms with E-state index in [1.165, 1.54) is 70.5 Å². The first-order valence-corrected chi connectivity index (χ1v) is 11.8. The van der Waals surface area contributed by atoms with Crippen molar-refractivity contribution in [1.82, 2.24) is 0 Å². The summed E-state index contributed by atoms with van der Waals surface area (Å²) in [6.07, 6.45) is 9.72. The van der Waals surface area contributed by atoms with Crippen LogP contribution in [0.4, 0.5) is 11.4 Å². The van der Waals surface area contributed by atoms with Crippen LogP contribution in [0.3, 0.4) is 0 Å². The van der Waals surface area contributed by atoms with E-state index in [1.807, 2.05) is 0 Å². The second kappa shape index (κ2) is 6.76. The molecule has 162 valence electrons. The van der Waals surface area contributed by atoms with Crippen LogP contribution in [0, 0.1) is 0 Å². The molecule has 0 atom stereocenters. The lowest BCUT2D eigenvalue weighted by Gasteiger charge is -2.37. The summed E-state index contributed by atoms with van der Waals surface area (Å²) >= 11 is 0. The molecule has 1 fully saturated rings. The molecule has 31 heavy (non-hydrogen) atoms. The van der Waals surface area contributed by atoms with E-state index in [2.05, 4.69) is 101 Å². The first-order chi connectivity index (χ1) is 14.6. The number of hydrogen-bond donors (Lipinski definition) is 2. The maximum absolute atomic E-state index is 3.77. The molecule has 5 rings (SSSR count). The van der Waals surface area contributed by atoms with Crippen LogP contribution in [0.2, 0.25) is 0 Å². The molecule has 2 aliphatic heterocycles. The van der Waals surface area contributed by atoms with E-state index in [0.29, 0.717) is 0 Å². The minimum atomic E-state index is -0.0102. The summed E-state index contributed by atoms with van der Waals surface area (Å²) in [6, 6.07) is 14.4. The van der Waals surface area contributed by atoms with Crippen molar-refractivity contribution in [1.29, 1.82) is 0 Å². The Hall–Kier alpha value is -2.48. The number of anilines is 2. The Balaban J connectivity index is 1.62. The minimum absolute atomic E-state index is 0.0102. The van der Waals surface area contributed by atoms with Gasteiger partial charge in [-0.15, -0.1) is 0 Å². The van der Waals surface area contributed by atoms with Gasteiger partial charge in [0.1, 0.15) is 0 Å². The maximum Gasteiger partial charge on any atom is 0.0505 e. The van der Waals surface area contributed by atoms with Crippen molar-refractivity contribution in [3.8, 4) is 0 Å². The van der Waals surface area contributed by atoms with E-state index in [9.17, 15) is 0 Å². The smallest absolute Gasteiger partial charge is 0.0505 e. The van der Waals surface area contributed by atoms with E-state index in [4.69, 9.17) is 0 Å². The summed E-state index contributed by atoms with van der Waals surface area (Å²) in [6.45, 7) is 13.5. The predicted molar refractivity (Wildman–Crippen MR) is 135 cm³/mol. The number of nitrogens with one attached hydrogen (secondary N) is 2. The van der Waals surface area contributed by atoms with Crippen LogP contribution in [0.1, 0.15) is 89.5 Å². The molecular weight excluding hydrogens is 376 g/mol. The summed E-state index contributed by atoms with van der Waals surface area (Å²) in [5.74, 6) is 0. The zero-order valence-corrected chi connectivity index (χ0v) is 19.9. The summed E-state index contributed by atoms with van der Waals surface area (Å²) in [5, 5.41) is 7.54. The summed E-state index contributed by atoms with van der Waals surface area (Å²) < 4.78 is 0. The minimum Gasteiger partial charge on any atom is -0.376 e. The third kappa shape index (κ3) is 3.41. The average Bonchev–Trinajstić information content (AvgIpc) is 3.16. The lowest BCUT2D eigenvalue weighted by Crippen LogP contribution is -2.33. The third-order valence-corrected chi connectivity index (χ3v) is 7.52. The van der Waals surface area contributed by atoms with Gasteiger partial charge in [0.15, 0.2) is 0 Å². The molecule has 1 saturated carbocycles. The van der Waals surface area contributed by atoms with Gasteiger partial charge in [-0.2, -0.15) is 0 Å². The molecule has 1 aliphatic carbocycles.